The van der Waals surface area contributed by atoms with Crippen molar-refractivity contribution in [3.63, 3.8) is 0 Å². The van der Waals surface area contributed by atoms with Gasteiger partial charge in [0, 0.05) is 54.3 Å². The minimum absolute atomic E-state index is 0.235. The quantitative estimate of drug-likeness (QED) is 0.551. The van der Waals surface area contributed by atoms with E-state index >= 15 is 0 Å². The Hall–Kier alpha value is -3.57. The van der Waals surface area contributed by atoms with Gasteiger partial charge in [0.1, 0.15) is 22.2 Å². The summed E-state index contributed by atoms with van der Waals surface area (Å²) < 4.78 is 6.21. The first-order valence-electron chi connectivity index (χ1n) is 13.4. The number of rotatable bonds is 5. The van der Waals surface area contributed by atoms with Crippen LogP contribution < -0.4 is 15.5 Å². The number of anilines is 1. The molecule has 8 heteroatoms. The smallest absolute Gasteiger partial charge is 0.252 e. The second-order valence-electron chi connectivity index (χ2n) is 11.0. The van der Waals surface area contributed by atoms with Gasteiger partial charge in [-0.15, -0.1) is 0 Å². The molecule has 1 aromatic heterocycles. The third kappa shape index (κ3) is 4.42. The Kier molecular flexibility index (Phi) is 5.84. The number of piperazine rings is 1. The summed E-state index contributed by atoms with van der Waals surface area (Å²) >= 11 is 0. The van der Waals surface area contributed by atoms with Gasteiger partial charge >= 0.3 is 0 Å². The monoisotopic (exact) mass is 499 g/mol. The van der Waals surface area contributed by atoms with Gasteiger partial charge in [0.05, 0.1) is 6.07 Å². The first kappa shape index (κ1) is 23.8. The molecule has 0 atom stereocenters. The molecule has 3 aromatic rings. The van der Waals surface area contributed by atoms with E-state index in [1.165, 1.54) is 0 Å². The van der Waals surface area contributed by atoms with Gasteiger partial charge in [0.15, 0.2) is 0 Å². The number of nitrogens with one attached hydrogen (secondary N) is 2. The largest absolute Gasteiger partial charge is 0.456 e. The lowest BCUT2D eigenvalue weighted by atomic mass is 9.80. The van der Waals surface area contributed by atoms with Crippen molar-refractivity contribution < 1.29 is 14.0 Å². The van der Waals surface area contributed by atoms with E-state index in [4.69, 9.17) is 4.42 Å². The number of nitriles is 1. The van der Waals surface area contributed by atoms with Crippen molar-refractivity contribution in [3.8, 4) is 6.07 Å². The molecule has 2 N–H and O–H groups in total. The van der Waals surface area contributed by atoms with Gasteiger partial charge in [-0.1, -0.05) is 19.3 Å². The molecular formula is C29H33N5O3. The molecule has 0 radical (unpaired) electrons. The van der Waals surface area contributed by atoms with Gasteiger partial charge in [-0.2, -0.15) is 5.26 Å². The second kappa shape index (κ2) is 9.07. The third-order valence-corrected chi connectivity index (χ3v) is 8.40. The van der Waals surface area contributed by atoms with Crippen LogP contribution in [0.2, 0.25) is 0 Å². The second-order valence-corrected chi connectivity index (χ2v) is 11.0. The van der Waals surface area contributed by atoms with Crippen LogP contribution in [-0.4, -0.2) is 61.0 Å². The molecule has 6 rings (SSSR count). The molecule has 2 amide bonds. The Bertz CT molecular complexity index is 1400. The molecule has 1 aliphatic heterocycles. The van der Waals surface area contributed by atoms with Crippen LogP contribution in [0.1, 0.15) is 55.3 Å². The Morgan fingerprint density at radius 3 is 2.24 bits per heavy atom. The zero-order valence-electron chi connectivity index (χ0n) is 21.3. The maximum Gasteiger partial charge on any atom is 0.252 e. The lowest BCUT2D eigenvalue weighted by molar-refractivity contribution is -0.129. The Morgan fingerprint density at radius 2 is 1.57 bits per heavy atom. The highest BCUT2D eigenvalue weighted by molar-refractivity contribution is 6.08. The zero-order chi connectivity index (χ0) is 25.6. The van der Waals surface area contributed by atoms with E-state index in [2.05, 4.69) is 51.7 Å². The number of hydrogen-bond donors (Lipinski definition) is 2. The van der Waals surface area contributed by atoms with Gasteiger partial charge in [-0.3, -0.25) is 9.59 Å². The summed E-state index contributed by atoms with van der Waals surface area (Å²) in [6, 6.07) is 14.0. The number of amides is 2. The Morgan fingerprint density at radius 1 is 0.892 bits per heavy atom. The highest BCUT2D eigenvalue weighted by Crippen LogP contribution is 2.37. The Balaban J connectivity index is 1.25. The predicted molar refractivity (Wildman–Crippen MR) is 142 cm³/mol. The summed E-state index contributed by atoms with van der Waals surface area (Å²) in [6.45, 7) is 4.04. The molecule has 8 nitrogen and oxygen atoms in total. The molecular weight excluding hydrogens is 466 g/mol. The van der Waals surface area contributed by atoms with Crippen LogP contribution in [0.25, 0.3) is 21.9 Å². The first-order valence-corrected chi connectivity index (χ1v) is 13.4. The van der Waals surface area contributed by atoms with E-state index in [1.807, 2.05) is 6.07 Å². The zero-order valence-corrected chi connectivity index (χ0v) is 21.3. The molecule has 0 unspecified atom stereocenters. The summed E-state index contributed by atoms with van der Waals surface area (Å²) in [7, 11) is 2.14. The summed E-state index contributed by atoms with van der Waals surface area (Å²) in [5.41, 5.74) is 1.32. The molecule has 2 heterocycles. The number of fused-ring (bicyclic) bond motifs is 3. The van der Waals surface area contributed by atoms with Crippen molar-refractivity contribution in [3.05, 3.63) is 42.0 Å². The van der Waals surface area contributed by atoms with Crippen LogP contribution in [0.5, 0.6) is 0 Å². The topological polar surface area (TPSA) is 102 Å². The van der Waals surface area contributed by atoms with Crippen molar-refractivity contribution in [1.82, 2.24) is 15.5 Å². The number of carbonyl (C=O) groups excluding carboxylic acids is 2. The highest BCUT2D eigenvalue weighted by atomic mass is 16.3. The summed E-state index contributed by atoms with van der Waals surface area (Å²) in [5.74, 6) is -0.528. The number of nitrogens with zero attached hydrogens (tertiary/aromatic N) is 3. The number of hydrogen-bond acceptors (Lipinski definition) is 6. The van der Waals surface area contributed by atoms with Crippen LogP contribution in [0.15, 0.2) is 40.8 Å². The van der Waals surface area contributed by atoms with Crippen LogP contribution >= 0.6 is 0 Å². The van der Waals surface area contributed by atoms with E-state index in [9.17, 15) is 14.9 Å². The normalized spacial score (nSPS) is 20.9. The maximum atomic E-state index is 13.4. The maximum absolute atomic E-state index is 13.4. The van der Waals surface area contributed by atoms with Gasteiger partial charge in [-0.05, 0) is 63.1 Å². The van der Waals surface area contributed by atoms with E-state index in [0.717, 1.165) is 67.5 Å². The van der Waals surface area contributed by atoms with Crippen molar-refractivity contribution in [1.29, 1.82) is 5.26 Å². The van der Waals surface area contributed by atoms with Gasteiger partial charge < -0.3 is 24.9 Å². The van der Waals surface area contributed by atoms with Crippen molar-refractivity contribution in [2.75, 3.05) is 38.1 Å². The number of likely N-dealkylation sites (N-methyl/N-ethyl adjacent to an activating group) is 1. The SMILES string of the molecule is CN1CCN(c2ccc3c(c2)oc2cc(C(=O)NC4(C(=O)NC5(C#N)CC5)CCCCC4)ccc23)CC1. The standard InChI is InChI=1S/C29H33N5O3/c1-33-13-15-34(16-14-33)21-6-8-23-22-7-5-20(17-24(22)37-25(23)18-21)26(35)31-29(9-3-2-4-10-29)27(36)32-28(19-30)11-12-28/h5-8,17-18H,2-4,9-16H2,1H3,(H,31,35)(H,32,36). The molecule has 2 saturated carbocycles. The summed E-state index contributed by atoms with van der Waals surface area (Å²) in [4.78, 5) is 31.4. The molecule has 37 heavy (non-hydrogen) atoms. The third-order valence-electron chi connectivity index (χ3n) is 8.40. The van der Waals surface area contributed by atoms with Crippen LogP contribution in [0.4, 0.5) is 5.69 Å². The number of furan rings is 1. The lowest BCUT2D eigenvalue weighted by Crippen LogP contribution is -2.61. The minimum atomic E-state index is -0.984. The Labute approximate surface area is 216 Å². The van der Waals surface area contributed by atoms with Gasteiger partial charge in [0.25, 0.3) is 5.91 Å². The number of carbonyl (C=O) groups is 2. The average molecular weight is 500 g/mol. The van der Waals surface area contributed by atoms with E-state index in [1.54, 1.807) is 12.1 Å². The average Bonchev–Trinajstić information content (AvgIpc) is 3.60. The highest BCUT2D eigenvalue weighted by Gasteiger charge is 2.50. The molecule has 0 bridgehead atoms. The van der Waals surface area contributed by atoms with Crippen LogP contribution in [0.3, 0.4) is 0 Å². The molecule has 3 fully saturated rings. The summed E-state index contributed by atoms with van der Waals surface area (Å²) in [6.07, 6.45) is 5.26. The van der Waals surface area contributed by atoms with Crippen LogP contribution in [0, 0.1) is 11.3 Å². The van der Waals surface area contributed by atoms with Gasteiger partial charge in [0.2, 0.25) is 5.91 Å². The van der Waals surface area contributed by atoms with Crippen molar-refractivity contribution in [2.24, 2.45) is 0 Å². The molecule has 192 valence electrons. The molecule has 3 aliphatic rings. The lowest BCUT2D eigenvalue weighted by Gasteiger charge is -2.37. The van der Waals surface area contributed by atoms with E-state index in [0.29, 0.717) is 36.8 Å². The van der Waals surface area contributed by atoms with Crippen molar-refractivity contribution >= 4 is 39.4 Å². The van der Waals surface area contributed by atoms with Crippen LogP contribution in [-0.2, 0) is 4.79 Å². The molecule has 1 saturated heterocycles. The predicted octanol–water partition coefficient (Wildman–Crippen LogP) is 3.94. The first-order chi connectivity index (χ1) is 17.9. The van der Waals surface area contributed by atoms with E-state index in [-0.39, 0.29) is 11.8 Å². The molecule has 2 aliphatic carbocycles. The van der Waals surface area contributed by atoms with Gasteiger partial charge in [-0.25, -0.2) is 0 Å². The fraction of sp³-hybridized carbons (Fsp3) is 0.483. The fourth-order valence-electron chi connectivity index (χ4n) is 5.75. The number of benzene rings is 2. The minimum Gasteiger partial charge on any atom is -0.456 e. The fourth-order valence-corrected chi connectivity index (χ4v) is 5.75. The molecule has 2 aromatic carbocycles. The van der Waals surface area contributed by atoms with Crippen molar-refractivity contribution in [2.45, 2.75) is 56.0 Å². The molecule has 0 spiro atoms. The van der Waals surface area contributed by atoms with E-state index < -0.39 is 11.1 Å². The summed E-state index contributed by atoms with van der Waals surface area (Å²) in [5, 5.41) is 17.4.